The number of hydrogen-bond donors (Lipinski definition) is 2. The number of rotatable bonds is 6. The number of ether oxygens (including phenoxy) is 1. The molecule has 29 heavy (non-hydrogen) atoms. The van der Waals surface area contributed by atoms with Crippen molar-refractivity contribution in [1.82, 2.24) is 9.97 Å². The van der Waals surface area contributed by atoms with E-state index < -0.39 is 5.97 Å². The first-order valence-electron chi connectivity index (χ1n) is 9.15. The third-order valence-corrected chi connectivity index (χ3v) is 4.28. The minimum atomic E-state index is -0.471. The molecular weight excluding hydrogens is 368 g/mol. The van der Waals surface area contributed by atoms with Gasteiger partial charge < -0.3 is 15.4 Å². The number of amides is 1. The minimum absolute atomic E-state index is 0.302. The lowest BCUT2D eigenvalue weighted by Gasteiger charge is -2.13. The second-order valence-electron chi connectivity index (χ2n) is 6.69. The van der Waals surface area contributed by atoms with Crippen molar-refractivity contribution in [3.05, 3.63) is 77.6 Å². The molecule has 1 heterocycles. The molecule has 2 aromatic carbocycles. The van der Waals surface area contributed by atoms with E-state index in [1.807, 2.05) is 18.2 Å². The summed E-state index contributed by atoms with van der Waals surface area (Å²) in [5, 5.41) is 5.91. The highest BCUT2D eigenvalue weighted by Crippen LogP contribution is 2.25. The highest BCUT2D eigenvalue weighted by Gasteiger charge is 2.11. The fourth-order valence-corrected chi connectivity index (χ4v) is 2.79. The molecule has 0 saturated heterocycles. The lowest BCUT2D eigenvalue weighted by molar-refractivity contribution is 0.0600. The largest absolute Gasteiger partial charge is 0.465 e. The molecule has 0 saturated carbocycles. The Morgan fingerprint density at radius 1 is 0.966 bits per heavy atom. The van der Waals surface area contributed by atoms with E-state index in [-0.39, 0.29) is 5.91 Å². The Hall–Kier alpha value is -3.74. The van der Waals surface area contributed by atoms with E-state index in [9.17, 15) is 9.59 Å². The maximum absolute atomic E-state index is 12.5. The Labute approximate surface area is 169 Å². The SMILES string of the molecule is COC(=O)c1cccc(NC(=O)c2cnc(Nc3ccccc3C(C)C)nc2)c1. The van der Waals surface area contributed by atoms with E-state index >= 15 is 0 Å². The summed E-state index contributed by atoms with van der Waals surface area (Å²) in [6.45, 7) is 4.23. The van der Waals surface area contributed by atoms with E-state index in [0.717, 1.165) is 11.3 Å². The third-order valence-electron chi connectivity index (χ3n) is 4.28. The summed E-state index contributed by atoms with van der Waals surface area (Å²) in [5.41, 5.74) is 3.22. The molecule has 7 nitrogen and oxygen atoms in total. The predicted molar refractivity (Wildman–Crippen MR) is 112 cm³/mol. The Balaban J connectivity index is 1.70. The molecule has 3 aromatic rings. The van der Waals surface area contributed by atoms with Gasteiger partial charge in [-0.3, -0.25) is 4.79 Å². The lowest BCUT2D eigenvalue weighted by atomic mass is 10.0. The monoisotopic (exact) mass is 390 g/mol. The van der Waals surface area contributed by atoms with E-state index in [1.54, 1.807) is 24.3 Å². The smallest absolute Gasteiger partial charge is 0.337 e. The molecule has 0 bridgehead atoms. The molecule has 0 radical (unpaired) electrons. The van der Waals surface area contributed by atoms with Gasteiger partial charge in [-0.15, -0.1) is 0 Å². The zero-order valence-corrected chi connectivity index (χ0v) is 16.5. The van der Waals surface area contributed by atoms with Crippen LogP contribution < -0.4 is 10.6 Å². The van der Waals surface area contributed by atoms with Gasteiger partial charge in [0.05, 0.1) is 18.2 Å². The molecule has 0 spiro atoms. The number of esters is 1. The Morgan fingerprint density at radius 2 is 1.69 bits per heavy atom. The number of aromatic nitrogens is 2. The van der Waals surface area contributed by atoms with Gasteiger partial charge in [0.15, 0.2) is 0 Å². The van der Waals surface area contributed by atoms with E-state index in [4.69, 9.17) is 0 Å². The van der Waals surface area contributed by atoms with Crippen LogP contribution in [0.2, 0.25) is 0 Å². The molecular formula is C22H22N4O3. The molecule has 148 valence electrons. The van der Waals surface area contributed by atoms with Crippen molar-refractivity contribution in [2.24, 2.45) is 0 Å². The molecule has 7 heteroatoms. The van der Waals surface area contributed by atoms with Gasteiger partial charge in [-0.2, -0.15) is 0 Å². The van der Waals surface area contributed by atoms with Gasteiger partial charge in [-0.1, -0.05) is 38.1 Å². The molecule has 2 N–H and O–H groups in total. The molecule has 0 atom stereocenters. The Bertz CT molecular complexity index is 1020. The van der Waals surface area contributed by atoms with Crippen molar-refractivity contribution in [2.45, 2.75) is 19.8 Å². The van der Waals surface area contributed by atoms with Crippen LogP contribution in [0.15, 0.2) is 60.9 Å². The van der Waals surface area contributed by atoms with Crippen LogP contribution in [0.4, 0.5) is 17.3 Å². The zero-order chi connectivity index (χ0) is 20.8. The van der Waals surface area contributed by atoms with Crippen LogP contribution in [-0.4, -0.2) is 29.0 Å². The molecule has 3 rings (SSSR count). The van der Waals surface area contributed by atoms with Crippen LogP contribution >= 0.6 is 0 Å². The number of benzene rings is 2. The molecule has 0 unspecified atom stereocenters. The summed E-state index contributed by atoms with van der Waals surface area (Å²) in [4.78, 5) is 32.5. The van der Waals surface area contributed by atoms with Gasteiger partial charge in [0.2, 0.25) is 5.95 Å². The minimum Gasteiger partial charge on any atom is -0.465 e. The predicted octanol–water partition coefficient (Wildman–Crippen LogP) is 4.38. The third kappa shape index (κ3) is 4.95. The Morgan fingerprint density at radius 3 is 2.38 bits per heavy atom. The number of nitrogens with one attached hydrogen (secondary N) is 2. The molecule has 0 aliphatic heterocycles. The van der Waals surface area contributed by atoms with Crippen LogP contribution in [0.25, 0.3) is 0 Å². The van der Waals surface area contributed by atoms with Crippen molar-refractivity contribution >= 4 is 29.2 Å². The second-order valence-corrected chi connectivity index (χ2v) is 6.69. The van der Waals surface area contributed by atoms with Gasteiger partial charge in [-0.05, 0) is 35.7 Å². The van der Waals surface area contributed by atoms with E-state index in [1.165, 1.54) is 19.5 Å². The quantitative estimate of drug-likeness (QED) is 0.607. The zero-order valence-electron chi connectivity index (χ0n) is 16.5. The first-order valence-corrected chi connectivity index (χ1v) is 9.15. The van der Waals surface area contributed by atoms with Gasteiger partial charge in [0.1, 0.15) is 0 Å². The topological polar surface area (TPSA) is 93.2 Å². The summed E-state index contributed by atoms with van der Waals surface area (Å²) >= 11 is 0. The van der Waals surface area contributed by atoms with Crippen molar-refractivity contribution in [1.29, 1.82) is 0 Å². The fourth-order valence-electron chi connectivity index (χ4n) is 2.79. The average molecular weight is 390 g/mol. The van der Waals surface area contributed by atoms with Crippen LogP contribution in [-0.2, 0) is 4.74 Å². The summed E-state index contributed by atoms with van der Waals surface area (Å²) in [6.07, 6.45) is 2.90. The number of nitrogens with zero attached hydrogens (tertiary/aromatic N) is 2. The van der Waals surface area contributed by atoms with E-state index in [0.29, 0.717) is 28.7 Å². The van der Waals surface area contributed by atoms with Gasteiger partial charge >= 0.3 is 5.97 Å². The molecule has 0 aliphatic rings. The number of hydrogen-bond acceptors (Lipinski definition) is 6. The molecule has 0 fully saturated rings. The van der Waals surface area contributed by atoms with Crippen LogP contribution in [0.1, 0.15) is 46.0 Å². The summed E-state index contributed by atoms with van der Waals surface area (Å²) in [6, 6.07) is 14.5. The van der Waals surface area contributed by atoms with Crippen molar-refractivity contribution in [3.63, 3.8) is 0 Å². The number of methoxy groups -OCH3 is 1. The standard InChI is InChI=1S/C22H22N4O3/c1-14(2)18-9-4-5-10-19(18)26-22-23-12-16(13-24-22)20(27)25-17-8-6-7-15(11-17)21(28)29-3/h4-14H,1-3H3,(H,25,27)(H,23,24,26). The maximum atomic E-state index is 12.5. The van der Waals surface area contributed by atoms with Crippen LogP contribution in [0.5, 0.6) is 0 Å². The maximum Gasteiger partial charge on any atom is 0.337 e. The van der Waals surface area contributed by atoms with Crippen molar-refractivity contribution < 1.29 is 14.3 Å². The van der Waals surface area contributed by atoms with Gasteiger partial charge in [-0.25, -0.2) is 14.8 Å². The first-order chi connectivity index (χ1) is 14.0. The van der Waals surface area contributed by atoms with E-state index in [2.05, 4.69) is 45.3 Å². The summed E-state index contributed by atoms with van der Waals surface area (Å²) < 4.78 is 4.69. The molecule has 1 amide bonds. The Kier molecular flexibility index (Phi) is 6.19. The number of anilines is 3. The summed E-state index contributed by atoms with van der Waals surface area (Å²) in [7, 11) is 1.31. The second kappa shape index (κ2) is 8.97. The number of carbonyl (C=O) groups excluding carboxylic acids is 2. The first kappa shape index (κ1) is 20.0. The number of para-hydroxylation sites is 1. The lowest BCUT2D eigenvalue weighted by Crippen LogP contribution is -2.14. The average Bonchev–Trinajstić information content (AvgIpc) is 2.74. The van der Waals surface area contributed by atoms with Crippen molar-refractivity contribution in [2.75, 3.05) is 17.7 Å². The van der Waals surface area contributed by atoms with Gasteiger partial charge in [0, 0.05) is 23.8 Å². The number of carbonyl (C=O) groups is 2. The fraction of sp³-hybridized carbons (Fsp3) is 0.182. The molecule has 1 aromatic heterocycles. The highest BCUT2D eigenvalue weighted by atomic mass is 16.5. The normalized spacial score (nSPS) is 10.5. The van der Waals surface area contributed by atoms with Crippen LogP contribution in [0.3, 0.4) is 0 Å². The van der Waals surface area contributed by atoms with Gasteiger partial charge in [0.25, 0.3) is 5.91 Å². The molecule has 0 aliphatic carbocycles. The summed E-state index contributed by atoms with van der Waals surface area (Å²) in [5.74, 6) is -0.0884. The van der Waals surface area contributed by atoms with Crippen LogP contribution in [0, 0.1) is 0 Å². The van der Waals surface area contributed by atoms with Crippen molar-refractivity contribution in [3.8, 4) is 0 Å². The highest BCUT2D eigenvalue weighted by molar-refractivity contribution is 6.04.